The van der Waals surface area contributed by atoms with Crippen LogP contribution in [0.25, 0.3) is 21.7 Å². The molecule has 6 nitrogen and oxygen atoms in total. The van der Waals surface area contributed by atoms with Crippen LogP contribution in [0.1, 0.15) is 70.8 Å². The fourth-order valence-corrected chi connectivity index (χ4v) is 4.65. The highest BCUT2D eigenvalue weighted by atomic mass is 16.1. The Morgan fingerprint density at radius 2 is 1.83 bits per heavy atom. The highest BCUT2D eigenvalue weighted by Crippen LogP contribution is 2.43. The van der Waals surface area contributed by atoms with Gasteiger partial charge in [0.15, 0.2) is 17.0 Å². The second-order valence-corrected chi connectivity index (χ2v) is 9.41. The normalized spacial score (nSPS) is 19.7. The molecule has 0 radical (unpaired) electrons. The van der Waals surface area contributed by atoms with Gasteiger partial charge in [-0.25, -0.2) is 14.3 Å². The van der Waals surface area contributed by atoms with Crippen LogP contribution >= 0.6 is 0 Å². The Balaban J connectivity index is 1.76. The highest BCUT2D eigenvalue weighted by Gasteiger charge is 2.32. The lowest BCUT2D eigenvalue weighted by Crippen LogP contribution is -2.26. The van der Waals surface area contributed by atoms with Crippen molar-refractivity contribution in [2.24, 2.45) is 11.3 Å². The van der Waals surface area contributed by atoms with Crippen molar-refractivity contribution in [3.05, 3.63) is 57.6 Å². The number of aryl methyl sites for hydroxylation is 1. The van der Waals surface area contributed by atoms with Gasteiger partial charge in [-0.1, -0.05) is 52.0 Å². The Morgan fingerprint density at radius 3 is 2.40 bits per heavy atom. The van der Waals surface area contributed by atoms with E-state index in [4.69, 9.17) is 16.7 Å². The maximum Gasteiger partial charge on any atom is 0.277 e. The van der Waals surface area contributed by atoms with Crippen molar-refractivity contribution >= 4 is 11.2 Å². The zero-order chi connectivity index (χ0) is 21.5. The molecule has 0 atom stereocenters. The number of hydrogen-bond donors (Lipinski definition) is 1. The van der Waals surface area contributed by atoms with Gasteiger partial charge >= 0.3 is 0 Å². The number of benzene rings is 1. The molecule has 0 unspecified atom stereocenters. The molecule has 6 heteroatoms. The van der Waals surface area contributed by atoms with Gasteiger partial charge in [0.2, 0.25) is 0 Å². The van der Waals surface area contributed by atoms with Gasteiger partial charge in [-0.05, 0) is 43.4 Å². The van der Waals surface area contributed by atoms with E-state index in [1.54, 1.807) is 16.6 Å². The van der Waals surface area contributed by atoms with Crippen LogP contribution in [0.5, 0.6) is 0 Å². The number of hydrogen-bond acceptors (Lipinski definition) is 3. The Labute approximate surface area is 177 Å². The summed E-state index contributed by atoms with van der Waals surface area (Å²) in [7, 11) is 0. The van der Waals surface area contributed by atoms with E-state index in [-0.39, 0.29) is 5.56 Å². The topological polar surface area (TPSA) is 67.4 Å². The van der Waals surface area contributed by atoms with Crippen molar-refractivity contribution in [1.29, 1.82) is 0 Å². The molecule has 1 aliphatic rings. The molecule has 0 aliphatic heterocycles. The van der Waals surface area contributed by atoms with E-state index in [0.717, 1.165) is 35.8 Å². The van der Waals surface area contributed by atoms with E-state index in [0.29, 0.717) is 34.8 Å². The van der Waals surface area contributed by atoms with E-state index in [2.05, 4.69) is 30.6 Å². The van der Waals surface area contributed by atoms with Crippen LogP contribution in [0.15, 0.2) is 29.1 Å². The van der Waals surface area contributed by atoms with Crippen LogP contribution in [0.3, 0.4) is 0 Å². The van der Waals surface area contributed by atoms with Crippen molar-refractivity contribution in [1.82, 2.24) is 19.6 Å². The summed E-state index contributed by atoms with van der Waals surface area (Å²) in [6.07, 6.45) is 5.21. The Kier molecular flexibility index (Phi) is 5.23. The molecular weight excluding hydrogens is 374 g/mol. The molecule has 0 bridgehead atoms. The maximum atomic E-state index is 13.0. The van der Waals surface area contributed by atoms with Crippen LogP contribution in [-0.2, 0) is 6.42 Å². The minimum atomic E-state index is -0.159. The zero-order valence-electron chi connectivity index (χ0n) is 18.2. The van der Waals surface area contributed by atoms with E-state index < -0.39 is 0 Å². The first-order valence-corrected chi connectivity index (χ1v) is 10.8. The van der Waals surface area contributed by atoms with Crippen LogP contribution in [0.4, 0.5) is 5.69 Å². The molecule has 1 saturated carbocycles. The molecule has 2 aromatic heterocycles. The lowest BCUT2D eigenvalue weighted by Gasteiger charge is -2.36. The van der Waals surface area contributed by atoms with Gasteiger partial charge < -0.3 is 4.98 Å². The summed E-state index contributed by atoms with van der Waals surface area (Å²) >= 11 is 0. The number of aromatic nitrogens is 4. The van der Waals surface area contributed by atoms with Crippen molar-refractivity contribution < 1.29 is 0 Å². The van der Waals surface area contributed by atoms with Crippen molar-refractivity contribution in [3.8, 4) is 11.4 Å². The lowest BCUT2D eigenvalue weighted by molar-refractivity contribution is 0.167. The minimum Gasteiger partial charge on any atom is -0.303 e. The van der Waals surface area contributed by atoms with Gasteiger partial charge in [0.05, 0.1) is 12.3 Å². The van der Waals surface area contributed by atoms with E-state index in [1.807, 2.05) is 19.1 Å². The largest absolute Gasteiger partial charge is 0.303 e. The van der Waals surface area contributed by atoms with Gasteiger partial charge in [0, 0.05) is 11.5 Å². The summed E-state index contributed by atoms with van der Waals surface area (Å²) in [4.78, 5) is 24.2. The smallest absolute Gasteiger partial charge is 0.277 e. The first-order valence-electron chi connectivity index (χ1n) is 10.8. The first kappa shape index (κ1) is 20.3. The van der Waals surface area contributed by atoms with Crippen LogP contribution in [-0.4, -0.2) is 19.6 Å². The zero-order valence-corrected chi connectivity index (χ0v) is 18.2. The van der Waals surface area contributed by atoms with Crippen LogP contribution in [0.2, 0.25) is 0 Å². The van der Waals surface area contributed by atoms with E-state index in [1.165, 1.54) is 12.8 Å². The molecule has 1 fully saturated rings. The number of imidazole rings is 1. The number of H-pyrrole nitrogens is 1. The predicted octanol–water partition coefficient (Wildman–Crippen LogP) is 5.52. The summed E-state index contributed by atoms with van der Waals surface area (Å²) in [6, 6.07) is 7.13. The van der Waals surface area contributed by atoms with E-state index >= 15 is 0 Å². The van der Waals surface area contributed by atoms with Crippen molar-refractivity contribution in [2.75, 3.05) is 0 Å². The SMILES string of the molecule is [C-]#[N+]c1ccc(-c2nn3c(C4CCC(C(C)(C)C)CC4)nc(CC)c3c(=O)[nH]2)cc1. The van der Waals surface area contributed by atoms with E-state index in [9.17, 15) is 4.79 Å². The summed E-state index contributed by atoms with van der Waals surface area (Å²) in [5, 5.41) is 4.79. The average Bonchev–Trinajstić information content (AvgIpc) is 3.12. The van der Waals surface area contributed by atoms with Gasteiger partial charge in [0.1, 0.15) is 5.82 Å². The standard InChI is InChI=1S/C24H29N5O/c1-6-19-20-23(30)27-21(15-9-13-18(25-5)14-10-15)28-29(20)22(26-19)16-7-11-17(12-8-16)24(2,3)4/h9-10,13-14,16-17H,6-8,11-12H2,1-4H3,(H,27,28,30). The first-order chi connectivity index (χ1) is 14.3. The molecule has 0 spiro atoms. The molecule has 0 amide bonds. The molecular formula is C24H29N5O. The fourth-order valence-electron chi connectivity index (χ4n) is 4.65. The summed E-state index contributed by atoms with van der Waals surface area (Å²) in [5.41, 5.74) is 2.89. The summed E-state index contributed by atoms with van der Waals surface area (Å²) < 4.78 is 1.79. The number of nitrogens with one attached hydrogen (secondary N) is 1. The third kappa shape index (κ3) is 3.65. The summed E-state index contributed by atoms with van der Waals surface area (Å²) in [6.45, 7) is 16.1. The minimum absolute atomic E-state index is 0.159. The van der Waals surface area contributed by atoms with Gasteiger partial charge in [-0.15, -0.1) is 5.10 Å². The number of nitrogens with zero attached hydrogens (tertiary/aromatic N) is 4. The number of fused-ring (bicyclic) bond motifs is 1. The van der Waals surface area contributed by atoms with Crippen molar-refractivity contribution in [2.45, 2.75) is 65.7 Å². The molecule has 30 heavy (non-hydrogen) atoms. The number of aromatic amines is 1. The molecule has 2 heterocycles. The van der Waals surface area contributed by atoms with Crippen LogP contribution < -0.4 is 5.56 Å². The van der Waals surface area contributed by atoms with Crippen molar-refractivity contribution in [3.63, 3.8) is 0 Å². The quantitative estimate of drug-likeness (QED) is 0.586. The monoisotopic (exact) mass is 403 g/mol. The lowest BCUT2D eigenvalue weighted by atomic mass is 9.70. The second-order valence-electron chi connectivity index (χ2n) is 9.41. The summed E-state index contributed by atoms with van der Waals surface area (Å²) in [5.74, 6) is 2.47. The Hall–Kier alpha value is -2.94. The average molecular weight is 404 g/mol. The molecule has 0 saturated heterocycles. The fraction of sp³-hybridized carbons (Fsp3) is 0.500. The van der Waals surface area contributed by atoms with Gasteiger partial charge in [0.25, 0.3) is 5.56 Å². The molecule has 156 valence electrons. The van der Waals surface area contributed by atoms with Gasteiger partial charge in [-0.2, -0.15) is 0 Å². The molecule has 1 aliphatic carbocycles. The molecule has 3 aromatic rings. The third-order valence-corrected chi connectivity index (χ3v) is 6.52. The highest BCUT2D eigenvalue weighted by molar-refractivity contribution is 5.61. The molecule has 4 rings (SSSR count). The number of rotatable bonds is 3. The van der Waals surface area contributed by atoms with Gasteiger partial charge in [-0.3, -0.25) is 4.79 Å². The Bertz CT molecular complexity index is 1150. The Morgan fingerprint density at radius 1 is 1.17 bits per heavy atom. The third-order valence-electron chi connectivity index (χ3n) is 6.52. The second kappa shape index (κ2) is 7.71. The molecule has 1 aromatic carbocycles. The molecule has 1 N–H and O–H groups in total. The maximum absolute atomic E-state index is 13.0. The van der Waals surface area contributed by atoms with Crippen LogP contribution in [0, 0.1) is 17.9 Å². The predicted molar refractivity (Wildman–Crippen MR) is 119 cm³/mol.